The predicted octanol–water partition coefficient (Wildman–Crippen LogP) is 4.86. The fourth-order valence-corrected chi connectivity index (χ4v) is 2.43. The number of halogens is 6. The van der Waals surface area contributed by atoms with Crippen molar-refractivity contribution in [2.24, 2.45) is 5.10 Å². The van der Waals surface area contributed by atoms with Crippen molar-refractivity contribution in [2.75, 3.05) is 5.32 Å². The Morgan fingerprint density at radius 3 is 1.97 bits per heavy atom. The molecule has 0 amide bonds. The minimum absolute atomic E-state index is 0.0620. The molecule has 0 saturated heterocycles. The molecule has 0 atom stereocenters. The van der Waals surface area contributed by atoms with Gasteiger partial charge in [-0.25, -0.2) is 0 Å². The summed E-state index contributed by atoms with van der Waals surface area (Å²) in [5.41, 5.74) is -3.11. The Morgan fingerprint density at radius 2 is 1.50 bits per heavy atom. The number of anilines is 1. The lowest BCUT2D eigenvalue weighted by atomic mass is 10.1. The van der Waals surface area contributed by atoms with Gasteiger partial charge in [0.15, 0.2) is 5.11 Å². The molecule has 2 rings (SSSR count). The van der Waals surface area contributed by atoms with Crippen LogP contribution in [0.3, 0.4) is 0 Å². The van der Waals surface area contributed by atoms with Crippen LogP contribution < -0.4 is 10.7 Å². The molecule has 2 N–H and O–H groups in total. The molecular weight excluding hydrogens is 472 g/mol. The van der Waals surface area contributed by atoms with Crippen LogP contribution in [0.4, 0.5) is 43.4 Å². The van der Waals surface area contributed by atoms with E-state index in [0.29, 0.717) is 18.2 Å². The van der Waals surface area contributed by atoms with E-state index in [4.69, 9.17) is 12.2 Å². The van der Waals surface area contributed by atoms with Crippen molar-refractivity contribution in [1.82, 2.24) is 5.43 Å². The highest BCUT2D eigenvalue weighted by Crippen LogP contribution is 2.37. The van der Waals surface area contributed by atoms with E-state index in [-0.39, 0.29) is 11.6 Å². The first kappa shape index (κ1) is 24.4. The van der Waals surface area contributed by atoms with Crippen molar-refractivity contribution in [3.8, 4) is 0 Å². The second-order valence-electron chi connectivity index (χ2n) is 5.88. The minimum atomic E-state index is -5.06. The number of hydrogen-bond donors (Lipinski definition) is 2. The van der Waals surface area contributed by atoms with Gasteiger partial charge in [-0.15, -0.1) is 0 Å². The predicted molar refractivity (Wildman–Crippen MR) is 103 cm³/mol. The molecule has 0 fully saturated rings. The molecule has 0 aromatic heterocycles. The van der Waals surface area contributed by atoms with Gasteiger partial charge in [0.05, 0.1) is 38.8 Å². The molecule has 2 aromatic carbocycles. The molecule has 16 heteroatoms. The van der Waals surface area contributed by atoms with Crippen molar-refractivity contribution in [3.05, 3.63) is 73.3 Å². The number of hydrazone groups is 1. The number of alkyl halides is 6. The lowest BCUT2D eigenvalue weighted by molar-refractivity contribution is -0.394. The summed E-state index contributed by atoms with van der Waals surface area (Å²) in [5.74, 6) is 0. The Kier molecular flexibility index (Phi) is 6.97. The molecule has 32 heavy (non-hydrogen) atoms. The summed E-state index contributed by atoms with van der Waals surface area (Å²) in [5, 5.41) is 26.8. The fourth-order valence-electron chi connectivity index (χ4n) is 2.26. The molecule has 0 bridgehead atoms. The first-order chi connectivity index (χ1) is 14.7. The highest BCUT2D eigenvalue weighted by atomic mass is 32.1. The van der Waals surface area contributed by atoms with Crippen molar-refractivity contribution in [1.29, 1.82) is 0 Å². The first-order valence-electron chi connectivity index (χ1n) is 8.01. The largest absolute Gasteiger partial charge is 0.416 e. The Bertz CT molecular complexity index is 1070. The van der Waals surface area contributed by atoms with Crippen LogP contribution in [0.15, 0.2) is 41.5 Å². The van der Waals surface area contributed by atoms with E-state index in [1.807, 2.05) is 0 Å². The topological polar surface area (TPSA) is 123 Å². The normalized spacial score (nSPS) is 11.9. The van der Waals surface area contributed by atoms with E-state index in [0.717, 1.165) is 18.3 Å². The molecule has 0 saturated carbocycles. The number of nitro groups is 2. The summed E-state index contributed by atoms with van der Waals surface area (Å²) in [6.45, 7) is 0. The van der Waals surface area contributed by atoms with Crippen molar-refractivity contribution < 1.29 is 36.2 Å². The third-order valence-electron chi connectivity index (χ3n) is 3.64. The summed E-state index contributed by atoms with van der Waals surface area (Å²) >= 11 is 4.74. The van der Waals surface area contributed by atoms with E-state index in [2.05, 4.69) is 15.8 Å². The molecule has 0 unspecified atom stereocenters. The summed E-state index contributed by atoms with van der Waals surface area (Å²) in [6.07, 6.45) is -9.28. The molecule has 0 aliphatic heterocycles. The maximum Gasteiger partial charge on any atom is 0.416 e. The average Bonchev–Trinajstić information content (AvgIpc) is 2.66. The smallest absolute Gasteiger partial charge is 0.331 e. The zero-order valence-electron chi connectivity index (χ0n) is 15.2. The summed E-state index contributed by atoms with van der Waals surface area (Å²) in [4.78, 5) is 20.0. The minimum Gasteiger partial charge on any atom is -0.331 e. The highest BCUT2D eigenvalue weighted by Gasteiger charge is 2.37. The van der Waals surface area contributed by atoms with E-state index in [1.165, 1.54) is 0 Å². The number of rotatable bonds is 5. The third kappa shape index (κ3) is 6.34. The van der Waals surface area contributed by atoms with E-state index < -0.39 is 55.5 Å². The van der Waals surface area contributed by atoms with Crippen LogP contribution in [0.2, 0.25) is 0 Å². The second-order valence-corrected chi connectivity index (χ2v) is 6.28. The van der Waals surface area contributed by atoms with Gasteiger partial charge < -0.3 is 5.32 Å². The number of nitro benzene ring substituents is 2. The van der Waals surface area contributed by atoms with Gasteiger partial charge in [-0.2, -0.15) is 31.4 Å². The number of nitrogens with one attached hydrogen (secondary N) is 2. The summed E-state index contributed by atoms with van der Waals surface area (Å²) in [7, 11) is 0. The zero-order valence-corrected chi connectivity index (χ0v) is 16.0. The lowest BCUT2D eigenvalue weighted by Gasteiger charge is -2.15. The van der Waals surface area contributed by atoms with Gasteiger partial charge in [-0.1, -0.05) is 0 Å². The number of non-ortho nitro benzene ring substituents is 1. The summed E-state index contributed by atoms with van der Waals surface area (Å²) < 4.78 is 77.3. The van der Waals surface area contributed by atoms with Crippen LogP contribution in [0.1, 0.15) is 16.7 Å². The standard InChI is InChI=1S/C16H9F6N5O4S/c17-15(18,19)9-3-10(16(20,21)22)5-11(4-9)24-14(32)25-23-7-8-1-2-12(26(28)29)6-13(8)27(30)31/h1-7H,(H2,24,25,32)/b23-7+. The summed E-state index contributed by atoms with van der Waals surface area (Å²) in [6, 6.07) is 3.39. The zero-order chi connectivity index (χ0) is 24.3. The molecule has 0 aliphatic carbocycles. The van der Waals surface area contributed by atoms with Crippen LogP contribution >= 0.6 is 12.2 Å². The number of nitrogens with zero attached hydrogens (tertiary/aromatic N) is 3. The monoisotopic (exact) mass is 481 g/mol. The lowest BCUT2D eigenvalue weighted by Crippen LogP contribution is -2.24. The molecule has 0 aliphatic rings. The van der Waals surface area contributed by atoms with Gasteiger partial charge in [0, 0.05) is 11.8 Å². The third-order valence-corrected chi connectivity index (χ3v) is 3.83. The van der Waals surface area contributed by atoms with Crippen molar-refractivity contribution >= 4 is 40.6 Å². The number of hydrogen-bond acceptors (Lipinski definition) is 6. The van der Waals surface area contributed by atoms with Gasteiger partial charge in [-0.3, -0.25) is 25.7 Å². The van der Waals surface area contributed by atoms with Crippen molar-refractivity contribution in [3.63, 3.8) is 0 Å². The average molecular weight is 481 g/mol. The van der Waals surface area contributed by atoms with Crippen LogP contribution in [0.5, 0.6) is 0 Å². The van der Waals surface area contributed by atoms with Crippen LogP contribution in [-0.4, -0.2) is 21.2 Å². The van der Waals surface area contributed by atoms with Crippen LogP contribution in [0, 0.1) is 20.2 Å². The Labute approximate surface area is 179 Å². The highest BCUT2D eigenvalue weighted by molar-refractivity contribution is 7.80. The van der Waals surface area contributed by atoms with E-state index in [1.54, 1.807) is 0 Å². The van der Waals surface area contributed by atoms with Gasteiger partial charge in [0.1, 0.15) is 0 Å². The molecule has 2 aromatic rings. The molecule has 0 radical (unpaired) electrons. The Balaban J connectivity index is 2.21. The molecule has 0 spiro atoms. The molecule has 170 valence electrons. The quantitative estimate of drug-likeness (QED) is 0.206. The van der Waals surface area contributed by atoms with Crippen LogP contribution in [-0.2, 0) is 12.4 Å². The van der Waals surface area contributed by atoms with Gasteiger partial charge >= 0.3 is 12.4 Å². The van der Waals surface area contributed by atoms with E-state index in [9.17, 15) is 46.6 Å². The van der Waals surface area contributed by atoms with Gasteiger partial charge in [0.25, 0.3) is 11.4 Å². The molecular formula is C16H9F6N5O4S. The van der Waals surface area contributed by atoms with Gasteiger partial charge in [-0.05, 0) is 36.5 Å². The maximum absolute atomic E-state index is 12.9. The second kappa shape index (κ2) is 9.13. The van der Waals surface area contributed by atoms with E-state index >= 15 is 0 Å². The first-order valence-corrected chi connectivity index (χ1v) is 8.41. The Hall–Kier alpha value is -3.82. The van der Waals surface area contributed by atoms with Crippen molar-refractivity contribution in [2.45, 2.75) is 12.4 Å². The number of benzene rings is 2. The Morgan fingerprint density at radius 1 is 0.938 bits per heavy atom. The molecule has 0 heterocycles. The molecule has 9 nitrogen and oxygen atoms in total. The number of thiocarbonyl (C=S) groups is 1. The van der Waals surface area contributed by atoms with Crippen LogP contribution in [0.25, 0.3) is 0 Å². The SMILES string of the molecule is O=[N+]([O-])c1ccc(/C=N/NC(=S)Nc2cc(C(F)(F)F)cc(C(F)(F)F)c2)c([N+](=O)[O-])c1. The fraction of sp³-hybridized carbons (Fsp3) is 0.125. The van der Waals surface area contributed by atoms with Gasteiger partial charge in [0.2, 0.25) is 0 Å². The maximum atomic E-state index is 12.9.